The van der Waals surface area contributed by atoms with Crippen molar-refractivity contribution in [2.45, 2.75) is 12.8 Å². The molecule has 42 heavy (non-hydrogen) atoms. The van der Waals surface area contributed by atoms with E-state index in [-0.39, 0.29) is 17.6 Å². The van der Waals surface area contributed by atoms with Gasteiger partial charge in [0.25, 0.3) is 0 Å². The highest BCUT2D eigenvalue weighted by molar-refractivity contribution is 6.04. The maximum absolute atomic E-state index is 14.2. The number of amides is 1. The van der Waals surface area contributed by atoms with Crippen LogP contribution in [0.5, 0.6) is 5.75 Å². The highest BCUT2D eigenvalue weighted by Gasteiger charge is 2.15. The van der Waals surface area contributed by atoms with Gasteiger partial charge < -0.3 is 29.7 Å². The number of ether oxygens (including phenoxy) is 1. The number of carbonyl (C=O) groups excluding carboxylic acids is 1. The third-order valence-corrected chi connectivity index (χ3v) is 7.55. The minimum atomic E-state index is -0.357. The molecule has 0 unspecified atom stereocenters. The molecule has 0 saturated carbocycles. The third-order valence-electron chi connectivity index (χ3n) is 7.55. The molecule has 0 bridgehead atoms. The first-order chi connectivity index (χ1) is 20.4. The first-order valence-corrected chi connectivity index (χ1v) is 14.2. The maximum Gasteiger partial charge on any atom is 0.244 e. The summed E-state index contributed by atoms with van der Waals surface area (Å²) in [4.78, 5) is 26.0. The molecule has 5 rings (SSSR count). The molecular weight excluding hydrogens is 535 g/mol. The monoisotopic (exact) mass is 572 g/mol. The van der Waals surface area contributed by atoms with E-state index in [1.54, 1.807) is 30.1 Å². The molecule has 0 radical (unpaired) electrons. The molecule has 3 aromatic heterocycles. The Hall–Kier alpha value is -4.35. The summed E-state index contributed by atoms with van der Waals surface area (Å²) >= 11 is 0. The second kappa shape index (κ2) is 13.5. The number of likely N-dealkylation sites (N-methyl/N-ethyl adjacent to an activating group) is 1. The minimum Gasteiger partial charge on any atom is -0.495 e. The highest BCUT2D eigenvalue weighted by atomic mass is 19.1. The van der Waals surface area contributed by atoms with Gasteiger partial charge in [0.2, 0.25) is 5.91 Å². The molecule has 11 heteroatoms. The number of hydrogen-bond acceptors (Lipinski definition) is 8. The number of rotatable bonds is 11. The SMILES string of the molecule is COc1cnc2c(NCCNC(=O)C=CC(=N)n3cc(CCCN4CCN(C)CC4)c4ccc(F)cc43)ccnc2c1. The van der Waals surface area contributed by atoms with Crippen molar-refractivity contribution in [2.24, 2.45) is 0 Å². The van der Waals surface area contributed by atoms with Crippen LogP contribution in [0, 0.1) is 11.2 Å². The van der Waals surface area contributed by atoms with E-state index >= 15 is 0 Å². The summed E-state index contributed by atoms with van der Waals surface area (Å²) in [6, 6.07) is 8.33. The van der Waals surface area contributed by atoms with Crippen LogP contribution in [-0.2, 0) is 11.2 Å². The van der Waals surface area contributed by atoms with Gasteiger partial charge in [0.05, 0.1) is 30.0 Å². The first kappa shape index (κ1) is 29.2. The number of piperazine rings is 1. The van der Waals surface area contributed by atoms with Crippen molar-refractivity contribution in [3.8, 4) is 5.75 Å². The van der Waals surface area contributed by atoms with Gasteiger partial charge in [-0.25, -0.2) is 9.37 Å². The van der Waals surface area contributed by atoms with Gasteiger partial charge in [-0.1, -0.05) is 0 Å². The van der Waals surface area contributed by atoms with Gasteiger partial charge in [-0.3, -0.25) is 15.2 Å². The predicted octanol–water partition coefficient (Wildman–Crippen LogP) is 3.52. The molecular formula is C31H37FN8O2. The Balaban J connectivity index is 1.15. The molecule has 3 N–H and O–H groups in total. The smallest absolute Gasteiger partial charge is 0.244 e. The number of anilines is 1. The van der Waals surface area contributed by atoms with Crippen molar-refractivity contribution >= 4 is 39.4 Å². The van der Waals surface area contributed by atoms with E-state index in [4.69, 9.17) is 10.1 Å². The van der Waals surface area contributed by atoms with Gasteiger partial charge in [0, 0.05) is 69.2 Å². The Morgan fingerprint density at radius 2 is 1.95 bits per heavy atom. The van der Waals surface area contributed by atoms with E-state index in [0.717, 1.165) is 62.2 Å². The summed E-state index contributed by atoms with van der Waals surface area (Å²) in [5, 5.41) is 15.6. The Labute approximate surface area is 244 Å². The van der Waals surface area contributed by atoms with Crippen LogP contribution < -0.4 is 15.4 Å². The zero-order chi connectivity index (χ0) is 29.5. The standard InChI is InChI=1S/C31H37FN8O2/c1-38-14-16-39(17-15-38)13-3-4-22-21-40(28-18-23(32)5-6-25(22)28)29(33)7-8-30(41)36-12-11-35-26-9-10-34-27-19-24(42-2)20-37-31(26)27/h5-10,18-21,33H,3-4,11-17H2,1-2H3,(H,34,35)(H,36,41). The van der Waals surface area contributed by atoms with Crippen LogP contribution in [0.1, 0.15) is 12.0 Å². The van der Waals surface area contributed by atoms with Crippen LogP contribution in [0.3, 0.4) is 0 Å². The number of halogens is 1. The maximum atomic E-state index is 14.2. The number of fused-ring (bicyclic) bond motifs is 2. The van der Waals surface area contributed by atoms with Gasteiger partial charge in [0.15, 0.2) is 0 Å². The van der Waals surface area contributed by atoms with Gasteiger partial charge in [-0.15, -0.1) is 0 Å². The van der Waals surface area contributed by atoms with Gasteiger partial charge in [-0.05, 0) is 62.3 Å². The molecule has 0 atom stereocenters. The lowest BCUT2D eigenvalue weighted by atomic mass is 10.1. The fourth-order valence-electron chi connectivity index (χ4n) is 5.18. The molecule has 1 aliphatic heterocycles. The largest absolute Gasteiger partial charge is 0.495 e. The van der Waals surface area contributed by atoms with Crippen LogP contribution in [0.15, 0.2) is 61.1 Å². The van der Waals surface area contributed by atoms with Crippen LogP contribution in [0.4, 0.5) is 10.1 Å². The van der Waals surface area contributed by atoms with Crippen LogP contribution in [-0.4, -0.2) is 96.0 Å². The lowest BCUT2D eigenvalue weighted by Gasteiger charge is -2.32. The summed E-state index contributed by atoms with van der Waals surface area (Å²) in [5.74, 6) is 0.0458. The summed E-state index contributed by atoms with van der Waals surface area (Å²) in [5.41, 5.74) is 3.93. The van der Waals surface area contributed by atoms with Gasteiger partial charge in [-0.2, -0.15) is 0 Å². The van der Waals surface area contributed by atoms with E-state index in [1.165, 1.54) is 24.3 Å². The minimum absolute atomic E-state index is 0.0916. The van der Waals surface area contributed by atoms with Crippen LogP contribution >= 0.6 is 0 Å². The topological polar surface area (TPSA) is 111 Å². The molecule has 0 spiro atoms. The van der Waals surface area contributed by atoms with E-state index in [0.29, 0.717) is 35.4 Å². The van der Waals surface area contributed by atoms with E-state index in [1.807, 2.05) is 18.3 Å². The predicted molar refractivity (Wildman–Crippen MR) is 164 cm³/mol. The van der Waals surface area contributed by atoms with Gasteiger partial charge in [0.1, 0.15) is 22.9 Å². The molecule has 1 amide bonds. The van der Waals surface area contributed by atoms with E-state index in [9.17, 15) is 9.18 Å². The quantitative estimate of drug-likeness (QED) is 0.109. The number of hydrogen-bond donors (Lipinski definition) is 3. The first-order valence-electron chi connectivity index (χ1n) is 14.2. The molecule has 1 fully saturated rings. The number of allylic oxidation sites excluding steroid dienone is 1. The Morgan fingerprint density at radius 3 is 2.76 bits per heavy atom. The summed E-state index contributed by atoms with van der Waals surface area (Å²) < 4.78 is 21.0. The van der Waals surface area contributed by atoms with Crippen molar-refractivity contribution in [3.05, 3.63) is 72.5 Å². The number of benzene rings is 1. The molecule has 4 aromatic rings. The number of nitrogens with zero attached hydrogens (tertiary/aromatic N) is 5. The molecule has 220 valence electrons. The lowest BCUT2D eigenvalue weighted by molar-refractivity contribution is -0.116. The average Bonchev–Trinajstić information content (AvgIpc) is 3.36. The average molecular weight is 573 g/mol. The molecule has 10 nitrogen and oxygen atoms in total. The number of pyridine rings is 2. The fourth-order valence-corrected chi connectivity index (χ4v) is 5.18. The van der Waals surface area contributed by atoms with E-state index < -0.39 is 0 Å². The molecule has 4 heterocycles. The highest BCUT2D eigenvalue weighted by Crippen LogP contribution is 2.25. The molecule has 1 aliphatic rings. The zero-order valence-corrected chi connectivity index (χ0v) is 24.1. The Kier molecular flexibility index (Phi) is 9.40. The summed E-state index contributed by atoms with van der Waals surface area (Å²) in [6.07, 6.45) is 9.81. The van der Waals surface area contributed by atoms with Crippen molar-refractivity contribution in [3.63, 3.8) is 0 Å². The Morgan fingerprint density at radius 1 is 1.12 bits per heavy atom. The second-order valence-corrected chi connectivity index (χ2v) is 10.5. The van der Waals surface area contributed by atoms with Crippen molar-refractivity contribution < 1.29 is 13.9 Å². The number of nitrogens with one attached hydrogen (secondary N) is 3. The second-order valence-electron chi connectivity index (χ2n) is 10.5. The number of aromatic nitrogens is 3. The van der Waals surface area contributed by atoms with Crippen molar-refractivity contribution in [2.75, 3.05) is 65.3 Å². The van der Waals surface area contributed by atoms with Crippen LogP contribution in [0.2, 0.25) is 0 Å². The summed E-state index contributed by atoms with van der Waals surface area (Å²) in [6.45, 7) is 6.17. The van der Waals surface area contributed by atoms with E-state index in [2.05, 4.69) is 37.4 Å². The van der Waals surface area contributed by atoms with Crippen molar-refractivity contribution in [1.29, 1.82) is 5.41 Å². The fraction of sp³-hybridized carbons (Fsp3) is 0.355. The molecule has 0 aliphatic carbocycles. The number of aryl methyl sites for hydroxylation is 1. The van der Waals surface area contributed by atoms with Gasteiger partial charge >= 0.3 is 0 Å². The lowest BCUT2D eigenvalue weighted by Crippen LogP contribution is -2.44. The number of methoxy groups -OCH3 is 1. The number of carbonyl (C=O) groups is 1. The third kappa shape index (κ3) is 7.10. The normalized spacial score (nSPS) is 14.5. The molecule has 1 aromatic carbocycles. The summed E-state index contributed by atoms with van der Waals surface area (Å²) in [7, 11) is 3.73. The van der Waals surface area contributed by atoms with Crippen LogP contribution in [0.25, 0.3) is 21.9 Å². The molecule has 1 saturated heterocycles. The zero-order valence-electron chi connectivity index (χ0n) is 24.1. The van der Waals surface area contributed by atoms with Crippen molar-refractivity contribution in [1.82, 2.24) is 29.7 Å². The Bertz CT molecular complexity index is 1590.